The molecule has 0 aliphatic rings. The smallest absolute Gasteiger partial charge is 0.341 e. The van der Waals surface area contributed by atoms with Crippen LogP contribution in [0.5, 0.6) is 0 Å². The zero-order valence-electron chi connectivity index (χ0n) is 8.97. The Balaban J connectivity index is 2.99. The quantitative estimate of drug-likeness (QED) is 0.802. The van der Waals surface area contributed by atoms with E-state index in [9.17, 15) is 9.59 Å². The molecular weight excluding hydrogens is 210 g/mol. The first-order valence-corrected chi connectivity index (χ1v) is 4.87. The largest absolute Gasteiger partial charge is 0.477 e. The van der Waals surface area contributed by atoms with Crippen molar-refractivity contribution in [1.29, 1.82) is 0 Å². The maximum absolute atomic E-state index is 11.6. The summed E-state index contributed by atoms with van der Waals surface area (Å²) in [5, 5.41) is 12.8. The van der Waals surface area contributed by atoms with Crippen molar-refractivity contribution in [3.05, 3.63) is 33.9 Å². The van der Waals surface area contributed by atoms with Crippen LogP contribution in [-0.4, -0.2) is 25.3 Å². The highest BCUT2D eigenvalue weighted by Gasteiger charge is 2.16. The molecule has 84 valence electrons. The second-order valence-corrected chi connectivity index (χ2v) is 3.47. The van der Waals surface area contributed by atoms with E-state index in [4.69, 9.17) is 5.11 Å². The van der Waals surface area contributed by atoms with Crippen LogP contribution in [0, 0.1) is 6.92 Å². The zero-order valence-corrected chi connectivity index (χ0v) is 8.97. The Labute approximate surface area is 90.7 Å². The van der Waals surface area contributed by atoms with Crippen molar-refractivity contribution in [2.75, 3.05) is 0 Å². The van der Waals surface area contributed by atoms with E-state index in [1.807, 2.05) is 6.92 Å². The third-order valence-electron chi connectivity index (χ3n) is 2.51. The number of carboxylic acids is 1. The van der Waals surface area contributed by atoms with E-state index in [1.165, 1.54) is 12.3 Å². The monoisotopic (exact) mass is 221 g/mol. The number of rotatable bonds is 2. The van der Waals surface area contributed by atoms with Gasteiger partial charge in [0.25, 0.3) is 5.56 Å². The van der Waals surface area contributed by atoms with E-state index < -0.39 is 5.97 Å². The van der Waals surface area contributed by atoms with Gasteiger partial charge in [-0.15, -0.1) is 0 Å². The molecule has 0 bridgehead atoms. The molecule has 0 aromatic carbocycles. The predicted molar refractivity (Wildman–Crippen MR) is 56.8 cm³/mol. The van der Waals surface area contributed by atoms with Gasteiger partial charge in [-0.25, -0.2) is 4.79 Å². The third-order valence-corrected chi connectivity index (χ3v) is 2.51. The first kappa shape index (κ1) is 10.4. The maximum Gasteiger partial charge on any atom is 0.341 e. The Bertz CT molecular complexity index is 624. The molecule has 1 N–H and O–H groups in total. The van der Waals surface area contributed by atoms with E-state index in [0.717, 1.165) is 10.2 Å². The van der Waals surface area contributed by atoms with Gasteiger partial charge in [-0.2, -0.15) is 9.61 Å². The lowest BCUT2D eigenvalue weighted by molar-refractivity contribution is 0.0698. The molecule has 2 heterocycles. The van der Waals surface area contributed by atoms with Crippen molar-refractivity contribution >= 4 is 11.6 Å². The van der Waals surface area contributed by atoms with Crippen LogP contribution in [0.15, 0.2) is 17.1 Å². The van der Waals surface area contributed by atoms with Crippen LogP contribution in [0.4, 0.5) is 0 Å². The number of aryl methyl sites for hydroxylation is 2. The van der Waals surface area contributed by atoms with Gasteiger partial charge in [0, 0.05) is 18.3 Å². The normalized spacial score (nSPS) is 10.9. The summed E-state index contributed by atoms with van der Waals surface area (Å²) >= 11 is 0. The fourth-order valence-corrected chi connectivity index (χ4v) is 1.80. The number of carbonyl (C=O) groups is 1. The molecule has 2 aromatic rings. The van der Waals surface area contributed by atoms with Crippen molar-refractivity contribution in [2.45, 2.75) is 20.4 Å². The second-order valence-electron chi connectivity index (χ2n) is 3.47. The van der Waals surface area contributed by atoms with Gasteiger partial charge in [0.2, 0.25) is 0 Å². The lowest BCUT2D eigenvalue weighted by atomic mass is 10.3. The number of hydrogen-bond acceptors (Lipinski definition) is 3. The highest BCUT2D eigenvalue weighted by molar-refractivity contribution is 5.94. The van der Waals surface area contributed by atoms with Gasteiger partial charge in [-0.05, 0) is 13.8 Å². The molecule has 0 spiro atoms. The molecule has 0 atom stereocenters. The predicted octanol–water partition coefficient (Wildman–Crippen LogP) is 0.523. The fourth-order valence-electron chi connectivity index (χ4n) is 1.80. The number of aromatic carboxylic acids is 1. The van der Waals surface area contributed by atoms with Crippen LogP contribution < -0.4 is 5.56 Å². The molecule has 0 amide bonds. The Morgan fingerprint density at radius 2 is 2.25 bits per heavy atom. The van der Waals surface area contributed by atoms with Crippen LogP contribution in [0.2, 0.25) is 0 Å². The van der Waals surface area contributed by atoms with E-state index in [1.54, 1.807) is 11.5 Å². The minimum atomic E-state index is -1.08. The van der Waals surface area contributed by atoms with E-state index in [2.05, 4.69) is 5.10 Å². The average molecular weight is 221 g/mol. The van der Waals surface area contributed by atoms with E-state index in [-0.39, 0.29) is 11.1 Å². The van der Waals surface area contributed by atoms with Gasteiger partial charge in [0.05, 0.1) is 6.20 Å². The molecule has 0 radical (unpaired) electrons. The lowest BCUT2D eigenvalue weighted by Crippen LogP contribution is -2.20. The fraction of sp³-hybridized carbons (Fsp3) is 0.300. The highest BCUT2D eigenvalue weighted by atomic mass is 16.4. The number of fused-ring (bicyclic) bond motifs is 1. The van der Waals surface area contributed by atoms with Crippen LogP contribution in [0.1, 0.15) is 23.0 Å². The van der Waals surface area contributed by atoms with Crippen LogP contribution in [-0.2, 0) is 6.54 Å². The van der Waals surface area contributed by atoms with Crippen molar-refractivity contribution < 1.29 is 9.90 Å². The lowest BCUT2D eigenvalue weighted by Gasteiger charge is -2.10. The molecular formula is C10H11N3O3. The summed E-state index contributed by atoms with van der Waals surface area (Å²) in [5.74, 6) is -1.08. The molecule has 0 fully saturated rings. The average Bonchev–Trinajstić information content (AvgIpc) is 2.63. The van der Waals surface area contributed by atoms with Gasteiger partial charge in [-0.1, -0.05) is 0 Å². The zero-order chi connectivity index (χ0) is 11.9. The first-order chi connectivity index (χ1) is 7.56. The molecule has 0 saturated carbocycles. The van der Waals surface area contributed by atoms with Crippen molar-refractivity contribution in [1.82, 2.24) is 14.2 Å². The summed E-state index contributed by atoms with van der Waals surface area (Å²) in [7, 11) is 0. The minimum Gasteiger partial charge on any atom is -0.477 e. The molecule has 0 aliphatic carbocycles. The standard InChI is InChI=1S/C10H11N3O3/c1-3-12-6(2)4-8(14)13-9(12)7(5-11-13)10(15)16/h4-5H,3H2,1-2H3,(H,15,16). The summed E-state index contributed by atoms with van der Waals surface area (Å²) in [4.78, 5) is 22.6. The SMILES string of the molecule is CCn1c(C)cc(=O)n2ncc(C(=O)O)c12. The van der Waals surface area contributed by atoms with Gasteiger partial charge < -0.3 is 9.67 Å². The summed E-state index contributed by atoms with van der Waals surface area (Å²) < 4.78 is 2.86. The van der Waals surface area contributed by atoms with Crippen LogP contribution in [0.25, 0.3) is 5.65 Å². The number of aromatic nitrogens is 3. The Morgan fingerprint density at radius 1 is 1.56 bits per heavy atom. The Morgan fingerprint density at radius 3 is 2.81 bits per heavy atom. The van der Waals surface area contributed by atoms with Gasteiger partial charge >= 0.3 is 5.97 Å². The molecule has 6 heteroatoms. The van der Waals surface area contributed by atoms with Crippen LogP contribution in [0.3, 0.4) is 0 Å². The molecule has 0 unspecified atom stereocenters. The molecule has 0 aliphatic heterocycles. The summed E-state index contributed by atoms with van der Waals surface area (Å²) in [6.07, 6.45) is 1.20. The van der Waals surface area contributed by atoms with E-state index >= 15 is 0 Å². The summed E-state index contributed by atoms with van der Waals surface area (Å²) in [6, 6.07) is 1.44. The van der Waals surface area contributed by atoms with Gasteiger partial charge in [0.15, 0.2) is 5.65 Å². The number of nitrogens with zero attached hydrogens (tertiary/aromatic N) is 3. The van der Waals surface area contributed by atoms with Gasteiger partial charge in [0.1, 0.15) is 5.56 Å². The summed E-state index contributed by atoms with van der Waals surface area (Å²) in [5.41, 5.74) is 0.787. The summed E-state index contributed by atoms with van der Waals surface area (Å²) in [6.45, 7) is 4.24. The van der Waals surface area contributed by atoms with E-state index in [0.29, 0.717) is 12.2 Å². The Hall–Kier alpha value is -2.11. The van der Waals surface area contributed by atoms with Gasteiger partial charge in [-0.3, -0.25) is 4.79 Å². The van der Waals surface area contributed by atoms with Crippen molar-refractivity contribution in [2.24, 2.45) is 0 Å². The first-order valence-electron chi connectivity index (χ1n) is 4.87. The van der Waals surface area contributed by atoms with Crippen molar-refractivity contribution in [3.8, 4) is 0 Å². The molecule has 2 aromatic heterocycles. The highest BCUT2D eigenvalue weighted by Crippen LogP contribution is 2.11. The minimum absolute atomic E-state index is 0.0441. The maximum atomic E-state index is 11.6. The third kappa shape index (κ3) is 1.30. The second kappa shape index (κ2) is 3.48. The van der Waals surface area contributed by atoms with Crippen LogP contribution >= 0.6 is 0 Å². The molecule has 6 nitrogen and oxygen atoms in total. The van der Waals surface area contributed by atoms with Crippen molar-refractivity contribution in [3.63, 3.8) is 0 Å². The molecule has 2 rings (SSSR count). The Kier molecular flexibility index (Phi) is 2.26. The number of carboxylic acid groups (broad SMARTS) is 1. The molecule has 16 heavy (non-hydrogen) atoms. The topological polar surface area (TPSA) is 76.6 Å². The molecule has 0 saturated heterocycles. The number of hydrogen-bond donors (Lipinski definition) is 1.